The van der Waals surface area contributed by atoms with E-state index in [1.807, 2.05) is 12.1 Å². The van der Waals surface area contributed by atoms with Crippen LogP contribution < -0.4 is 12.4 Å². The largest absolute Gasteiger partial charge is 2.00 e. The molecule has 2 heteroatoms. The number of rotatable bonds is 4. The molecule has 0 radical (unpaired) electrons. The molecular formula is C11H15ClMg. The second kappa shape index (κ2) is 10.4. The van der Waals surface area contributed by atoms with Gasteiger partial charge in [0.2, 0.25) is 0 Å². The molecule has 0 saturated carbocycles. The van der Waals surface area contributed by atoms with Crippen molar-refractivity contribution in [3.05, 3.63) is 35.9 Å². The first kappa shape index (κ1) is 15.7. The van der Waals surface area contributed by atoms with Gasteiger partial charge in [0.15, 0.2) is 0 Å². The minimum atomic E-state index is 0. The van der Waals surface area contributed by atoms with Crippen LogP contribution in [-0.4, -0.2) is 23.1 Å². The van der Waals surface area contributed by atoms with Gasteiger partial charge in [-0.15, -0.1) is 0 Å². The monoisotopic (exact) mass is 206 g/mol. The number of benzene rings is 1. The molecule has 0 spiro atoms. The summed E-state index contributed by atoms with van der Waals surface area (Å²) in [7, 11) is 0. The second-order valence-electron chi connectivity index (χ2n) is 2.84. The summed E-state index contributed by atoms with van der Waals surface area (Å²) < 4.78 is 0. The summed E-state index contributed by atoms with van der Waals surface area (Å²) in [4.78, 5) is 0. The zero-order valence-electron chi connectivity index (χ0n) is 8.22. The first-order valence-electron chi connectivity index (χ1n) is 4.39. The summed E-state index contributed by atoms with van der Waals surface area (Å²) in [5.41, 5.74) is 1.35. The van der Waals surface area contributed by atoms with E-state index >= 15 is 0 Å². The Labute approximate surface area is 104 Å². The van der Waals surface area contributed by atoms with Crippen LogP contribution in [0.1, 0.15) is 31.7 Å². The van der Waals surface area contributed by atoms with Crippen molar-refractivity contribution in [2.24, 2.45) is 0 Å². The molecule has 0 bridgehead atoms. The van der Waals surface area contributed by atoms with Crippen molar-refractivity contribution in [1.82, 2.24) is 0 Å². The zero-order chi connectivity index (χ0) is 7.94. The fraction of sp³-hybridized carbons (Fsp3) is 0.455. The van der Waals surface area contributed by atoms with E-state index in [1.165, 1.54) is 31.2 Å². The van der Waals surface area contributed by atoms with Crippen molar-refractivity contribution in [3.8, 4) is 0 Å². The van der Waals surface area contributed by atoms with Gasteiger partial charge in [-0.1, -0.05) is 32.6 Å². The third-order valence-corrected chi connectivity index (χ3v) is 1.82. The molecule has 0 aliphatic rings. The van der Waals surface area contributed by atoms with Gasteiger partial charge in [0.25, 0.3) is 0 Å². The molecule has 0 aliphatic heterocycles. The van der Waals surface area contributed by atoms with Gasteiger partial charge in [-0.3, -0.25) is 0 Å². The molecule has 0 N–H and O–H groups in total. The standard InChI is InChI=1S/C11H15.ClH.Mg/c1-2-3-5-8-11-9-6-4-7-10-11;;/h4,6-7,9H,2-3,5,8H2,1H3;1H;/q-1;;+2/p-1. The Morgan fingerprint density at radius 1 is 1.23 bits per heavy atom. The Kier molecular flexibility index (Phi) is 12.5. The van der Waals surface area contributed by atoms with Crippen molar-refractivity contribution in [2.45, 2.75) is 32.6 Å². The van der Waals surface area contributed by atoms with Gasteiger partial charge in [0.1, 0.15) is 0 Å². The summed E-state index contributed by atoms with van der Waals surface area (Å²) in [6.45, 7) is 2.23. The quantitative estimate of drug-likeness (QED) is 0.365. The number of halogens is 1. The molecule has 1 aromatic rings. The van der Waals surface area contributed by atoms with Gasteiger partial charge in [-0.25, -0.2) is 0 Å². The molecule has 0 saturated heterocycles. The smallest absolute Gasteiger partial charge is 1.00 e. The Hall–Kier alpha value is 0.276. The number of unbranched alkanes of at least 4 members (excludes halogenated alkanes) is 2. The molecule has 0 aliphatic carbocycles. The average molecular weight is 207 g/mol. The topological polar surface area (TPSA) is 0 Å². The molecule has 68 valence electrons. The van der Waals surface area contributed by atoms with E-state index in [9.17, 15) is 0 Å². The molecule has 13 heavy (non-hydrogen) atoms. The van der Waals surface area contributed by atoms with Crippen LogP contribution in [0.25, 0.3) is 0 Å². The average Bonchev–Trinajstić information content (AvgIpc) is 2.07. The summed E-state index contributed by atoms with van der Waals surface area (Å²) in [6, 6.07) is 11.5. The zero-order valence-corrected chi connectivity index (χ0v) is 10.4. The van der Waals surface area contributed by atoms with Crippen LogP contribution >= 0.6 is 0 Å². The van der Waals surface area contributed by atoms with E-state index in [-0.39, 0.29) is 35.5 Å². The molecule has 0 fully saturated rings. The molecule has 1 aromatic carbocycles. The van der Waals surface area contributed by atoms with Crippen molar-refractivity contribution in [3.63, 3.8) is 0 Å². The Bertz CT molecular complexity index is 187. The number of hydrogen-bond acceptors (Lipinski definition) is 0. The Morgan fingerprint density at radius 3 is 2.54 bits per heavy atom. The van der Waals surface area contributed by atoms with E-state index in [2.05, 4.69) is 25.1 Å². The minimum absolute atomic E-state index is 0. The minimum Gasteiger partial charge on any atom is -1.00 e. The fourth-order valence-electron chi connectivity index (χ4n) is 1.15. The summed E-state index contributed by atoms with van der Waals surface area (Å²) >= 11 is 0. The van der Waals surface area contributed by atoms with Crippen LogP contribution in [0.2, 0.25) is 0 Å². The first-order chi connectivity index (χ1) is 5.43. The number of hydrogen-bond donors (Lipinski definition) is 0. The van der Waals surface area contributed by atoms with Crippen molar-refractivity contribution < 1.29 is 12.4 Å². The molecule has 0 unspecified atom stereocenters. The van der Waals surface area contributed by atoms with Crippen LogP contribution in [0.15, 0.2) is 24.3 Å². The Morgan fingerprint density at radius 2 is 2.00 bits per heavy atom. The van der Waals surface area contributed by atoms with E-state index in [1.54, 1.807) is 0 Å². The maximum Gasteiger partial charge on any atom is 2.00 e. The summed E-state index contributed by atoms with van der Waals surface area (Å²) in [5, 5.41) is 0. The summed E-state index contributed by atoms with van der Waals surface area (Å²) in [6.07, 6.45) is 5.13. The van der Waals surface area contributed by atoms with Gasteiger partial charge < -0.3 is 12.4 Å². The van der Waals surface area contributed by atoms with Gasteiger partial charge >= 0.3 is 23.1 Å². The third-order valence-electron chi connectivity index (χ3n) is 1.82. The van der Waals surface area contributed by atoms with E-state index in [0.717, 1.165) is 0 Å². The summed E-state index contributed by atoms with van der Waals surface area (Å²) in [5.74, 6) is 0. The van der Waals surface area contributed by atoms with Crippen molar-refractivity contribution >= 4 is 23.1 Å². The molecule has 0 atom stereocenters. The number of aryl methyl sites for hydroxylation is 1. The second-order valence-corrected chi connectivity index (χ2v) is 2.84. The molecule has 0 nitrogen and oxygen atoms in total. The van der Waals surface area contributed by atoms with Gasteiger partial charge in [0.05, 0.1) is 0 Å². The molecule has 0 heterocycles. The Balaban J connectivity index is 0. The van der Waals surface area contributed by atoms with Gasteiger partial charge in [-0.2, -0.15) is 35.9 Å². The van der Waals surface area contributed by atoms with Crippen LogP contribution in [0.5, 0.6) is 0 Å². The molecule has 1 rings (SSSR count). The maximum atomic E-state index is 3.23. The fourth-order valence-corrected chi connectivity index (χ4v) is 1.15. The first-order valence-corrected chi connectivity index (χ1v) is 4.39. The van der Waals surface area contributed by atoms with Gasteiger partial charge in [-0.05, 0) is 0 Å². The normalized spacial score (nSPS) is 8.38. The SMILES string of the molecule is CCCCCc1[c-]cccc1.[Cl-].[Mg+2]. The van der Waals surface area contributed by atoms with Gasteiger partial charge in [0, 0.05) is 0 Å². The van der Waals surface area contributed by atoms with Crippen LogP contribution in [-0.2, 0) is 6.42 Å². The third kappa shape index (κ3) is 7.36. The van der Waals surface area contributed by atoms with Crippen LogP contribution in [0.4, 0.5) is 0 Å². The van der Waals surface area contributed by atoms with Crippen LogP contribution in [0.3, 0.4) is 0 Å². The predicted octanol–water partition coefficient (Wildman–Crippen LogP) is -0.157. The van der Waals surface area contributed by atoms with Crippen molar-refractivity contribution in [2.75, 3.05) is 0 Å². The van der Waals surface area contributed by atoms with E-state index < -0.39 is 0 Å². The molecule has 0 aromatic heterocycles. The van der Waals surface area contributed by atoms with Crippen LogP contribution in [0, 0.1) is 6.07 Å². The molecule has 0 amide bonds. The van der Waals surface area contributed by atoms with E-state index in [4.69, 9.17) is 0 Å². The molecular weight excluding hydrogens is 192 g/mol. The predicted molar refractivity (Wildman–Crippen MR) is 54.3 cm³/mol. The van der Waals surface area contributed by atoms with Crippen molar-refractivity contribution in [1.29, 1.82) is 0 Å². The van der Waals surface area contributed by atoms with E-state index in [0.29, 0.717) is 0 Å². The maximum absolute atomic E-state index is 3.23.